The molecule has 2 unspecified atom stereocenters. The molecule has 2 aliphatic rings. The minimum Gasteiger partial charge on any atom is -0.493 e. The molecular weight excluding hydrogens is 374 g/mol. The van der Waals surface area contributed by atoms with E-state index in [1.54, 1.807) is 7.11 Å². The maximum absolute atomic E-state index is 11.9. The van der Waals surface area contributed by atoms with Crippen molar-refractivity contribution < 1.29 is 28.8 Å². The molecule has 0 bridgehead atoms. The highest BCUT2D eigenvalue weighted by Crippen LogP contribution is 2.42. The van der Waals surface area contributed by atoms with Gasteiger partial charge in [0.25, 0.3) is 0 Å². The topological polar surface area (TPSA) is 77.5 Å². The van der Waals surface area contributed by atoms with Gasteiger partial charge in [0.15, 0.2) is 23.0 Å². The number of rotatable bonds is 7. The fourth-order valence-corrected chi connectivity index (χ4v) is 4.15. The van der Waals surface area contributed by atoms with Crippen LogP contribution in [0, 0.1) is 0 Å². The van der Waals surface area contributed by atoms with E-state index in [1.165, 1.54) is 0 Å². The molecule has 2 heterocycles. The molecule has 154 valence electrons. The lowest BCUT2D eigenvalue weighted by molar-refractivity contribution is -0.142. The molecule has 1 fully saturated rings. The summed E-state index contributed by atoms with van der Waals surface area (Å²) in [6.07, 6.45) is 1.47. The molecule has 29 heavy (non-hydrogen) atoms. The maximum atomic E-state index is 11.9. The van der Waals surface area contributed by atoms with Crippen LogP contribution in [0.5, 0.6) is 23.0 Å². The number of carboxylic acids is 1. The molecule has 2 aliphatic heterocycles. The summed E-state index contributed by atoms with van der Waals surface area (Å²) in [5.41, 5.74) is 1.90. The quantitative estimate of drug-likeness (QED) is 0.764. The van der Waals surface area contributed by atoms with Gasteiger partial charge in [-0.1, -0.05) is 12.1 Å². The summed E-state index contributed by atoms with van der Waals surface area (Å²) in [7, 11) is 1.60. The molecule has 0 saturated carbocycles. The second-order valence-corrected chi connectivity index (χ2v) is 7.09. The van der Waals surface area contributed by atoms with Crippen molar-refractivity contribution in [2.75, 3.05) is 27.1 Å². The molecule has 0 spiro atoms. The molecule has 1 saturated heterocycles. The van der Waals surface area contributed by atoms with Crippen molar-refractivity contribution in [3.05, 3.63) is 47.5 Å². The van der Waals surface area contributed by atoms with E-state index in [1.807, 2.05) is 48.2 Å². The Kier molecular flexibility index (Phi) is 5.49. The Morgan fingerprint density at radius 2 is 1.93 bits per heavy atom. The molecule has 7 heteroatoms. The summed E-state index contributed by atoms with van der Waals surface area (Å²) in [6, 6.07) is 10.8. The number of carboxylic acid groups (broad SMARTS) is 1. The molecule has 2 aromatic carbocycles. The Balaban J connectivity index is 1.80. The number of hydrogen-bond acceptors (Lipinski definition) is 6. The van der Waals surface area contributed by atoms with Crippen molar-refractivity contribution in [1.29, 1.82) is 0 Å². The SMILES string of the molecule is CCOc1cc(C(c2ccc3c(c2)OCO3)N2CCCC2C(=O)O)ccc1OC. The number of carbonyl (C=O) groups is 1. The summed E-state index contributed by atoms with van der Waals surface area (Å²) in [5, 5.41) is 9.77. The van der Waals surface area contributed by atoms with Crippen LogP contribution in [0.25, 0.3) is 0 Å². The summed E-state index contributed by atoms with van der Waals surface area (Å²) in [5.74, 6) is 1.87. The highest BCUT2D eigenvalue weighted by atomic mass is 16.7. The van der Waals surface area contributed by atoms with E-state index in [0.29, 0.717) is 42.6 Å². The third kappa shape index (κ3) is 3.70. The van der Waals surface area contributed by atoms with E-state index in [-0.39, 0.29) is 12.8 Å². The lowest BCUT2D eigenvalue weighted by Crippen LogP contribution is -2.39. The summed E-state index contributed by atoms with van der Waals surface area (Å²) >= 11 is 0. The van der Waals surface area contributed by atoms with Crippen LogP contribution in [0.3, 0.4) is 0 Å². The van der Waals surface area contributed by atoms with E-state index in [9.17, 15) is 9.90 Å². The zero-order valence-corrected chi connectivity index (χ0v) is 16.6. The Bertz CT molecular complexity index is 899. The first-order valence-electron chi connectivity index (χ1n) is 9.81. The molecule has 7 nitrogen and oxygen atoms in total. The van der Waals surface area contributed by atoms with Crippen LogP contribution in [0.4, 0.5) is 0 Å². The summed E-state index contributed by atoms with van der Waals surface area (Å²) < 4.78 is 22.2. The minimum atomic E-state index is -0.799. The molecule has 1 N–H and O–H groups in total. The molecule has 2 aromatic rings. The van der Waals surface area contributed by atoms with Crippen LogP contribution >= 0.6 is 0 Å². The average Bonchev–Trinajstić information content (AvgIpc) is 3.38. The Labute approximate surface area is 169 Å². The number of hydrogen-bond donors (Lipinski definition) is 1. The van der Waals surface area contributed by atoms with Gasteiger partial charge in [0.05, 0.1) is 19.8 Å². The van der Waals surface area contributed by atoms with Crippen LogP contribution in [0.2, 0.25) is 0 Å². The van der Waals surface area contributed by atoms with E-state index < -0.39 is 12.0 Å². The Morgan fingerprint density at radius 1 is 1.17 bits per heavy atom. The second kappa shape index (κ2) is 8.21. The van der Waals surface area contributed by atoms with Gasteiger partial charge in [-0.2, -0.15) is 0 Å². The number of nitrogens with zero attached hydrogens (tertiary/aromatic N) is 1. The van der Waals surface area contributed by atoms with Crippen molar-refractivity contribution in [3.63, 3.8) is 0 Å². The van der Waals surface area contributed by atoms with E-state index in [4.69, 9.17) is 18.9 Å². The average molecular weight is 399 g/mol. The predicted octanol–water partition coefficient (Wildman–Crippen LogP) is 3.46. The fourth-order valence-electron chi connectivity index (χ4n) is 4.15. The van der Waals surface area contributed by atoms with Crippen molar-refractivity contribution in [3.8, 4) is 23.0 Å². The summed E-state index contributed by atoms with van der Waals surface area (Å²) in [6.45, 7) is 3.33. The van der Waals surface area contributed by atoms with Crippen LogP contribution < -0.4 is 18.9 Å². The molecule has 2 atom stereocenters. The normalized spacial score (nSPS) is 19.2. The third-order valence-corrected chi connectivity index (χ3v) is 5.43. The molecular formula is C22H25NO6. The first kappa shape index (κ1) is 19.4. The zero-order chi connectivity index (χ0) is 20.4. The van der Waals surface area contributed by atoms with Gasteiger partial charge in [-0.25, -0.2) is 0 Å². The highest BCUT2D eigenvalue weighted by molar-refractivity contribution is 5.74. The summed E-state index contributed by atoms with van der Waals surface area (Å²) in [4.78, 5) is 13.9. The molecule has 0 radical (unpaired) electrons. The van der Waals surface area contributed by atoms with Gasteiger partial charge in [-0.05, 0) is 55.2 Å². The lowest BCUT2D eigenvalue weighted by Gasteiger charge is -2.32. The van der Waals surface area contributed by atoms with Crippen molar-refractivity contribution in [2.24, 2.45) is 0 Å². The molecule has 0 aliphatic carbocycles. The van der Waals surface area contributed by atoms with Crippen LogP contribution in [-0.4, -0.2) is 49.1 Å². The third-order valence-electron chi connectivity index (χ3n) is 5.43. The van der Waals surface area contributed by atoms with E-state index in [2.05, 4.69) is 0 Å². The smallest absolute Gasteiger partial charge is 0.320 e. The highest BCUT2D eigenvalue weighted by Gasteiger charge is 2.37. The van der Waals surface area contributed by atoms with E-state index in [0.717, 1.165) is 17.5 Å². The zero-order valence-electron chi connectivity index (χ0n) is 16.6. The van der Waals surface area contributed by atoms with E-state index >= 15 is 0 Å². The van der Waals surface area contributed by atoms with Gasteiger partial charge in [0.2, 0.25) is 6.79 Å². The number of methoxy groups -OCH3 is 1. The van der Waals surface area contributed by atoms with Gasteiger partial charge >= 0.3 is 5.97 Å². The van der Waals surface area contributed by atoms with Gasteiger partial charge in [0, 0.05) is 6.54 Å². The van der Waals surface area contributed by atoms with Crippen molar-refractivity contribution in [1.82, 2.24) is 4.90 Å². The predicted molar refractivity (Wildman–Crippen MR) is 106 cm³/mol. The number of ether oxygens (including phenoxy) is 4. The fraction of sp³-hybridized carbons (Fsp3) is 0.409. The van der Waals surface area contributed by atoms with Gasteiger partial charge < -0.3 is 24.1 Å². The maximum Gasteiger partial charge on any atom is 0.320 e. The van der Waals surface area contributed by atoms with Gasteiger partial charge in [-0.3, -0.25) is 9.69 Å². The number of benzene rings is 2. The lowest BCUT2D eigenvalue weighted by atomic mass is 9.95. The van der Waals surface area contributed by atoms with Gasteiger partial charge in [0.1, 0.15) is 6.04 Å². The largest absolute Gasteiger partial charge is 0.493 e. The first-order valence-corrected chi connectivity index (χ1v) is 9.81. The van der Waals surface area contributed by atoms with Crippen molar-refractivity contribution in [2.45, 2.75) is 31.8 Å². The number of aliphatic carboxylic acids is 1. The monoisotopic (exact) mass is 399 g/mol. The Hall–Kier alpha value is -2.93. The molecule has 0 aromatic heterocycles. The van der Waals surface area contributed by atoms with Gasteiger partial charge in [-0.15, -0.1) is 0 Å². The van der Waals surface area contributed by atoms with Crippen LogP contribution in [-0.2, 0) is 4.79 Å². The minimum absolute atomic E-state index is 0.196. The molecule has 0 amide bonds. The van der Waals surface area contributed by atoms with Crippen LogP contribution in [0.15, 0.2) is 36.4 Å². The first-order chi connectivity index (χ1) is 14.1. The molecule has 4 rings (SSSR count). The van der Waals surface area contributed by atoms with Crippen molar-refractivity contribution >= 4 is 5.97 Å². The Morgan fingerprint density at radius 3 is 2.69 bits per heavy atom. The number of likely N-dealkylation sites (tertiary alicyclic amines) is 1. The van der Waals surface area contributed by atoms with Crippen LogP contribution in [0.1, 0.15) is 36.9 Å². The second-order valence-electron chi connectivity index (χ2n) is 7.09. The number of fused-ring (bicyclic) bond motifs is 1. The standard InChI is InChI=1S/C22H25NO6/c1-3-27-19-11-14(6-8-17(19)26-2)21(23-10-4-5-16(23)22(24)25)15-7-9-18-20(12-15)29-13-28-18/h6-9,11-12,16,21H,3-5,10,13H2,1-2H3,(H,24,25).